The molecule has 0 N–H and O–H groups in total. The van der Waals surface area contributed by atoms with Gasteiger partial charge in [-0.15, -0.1) is 0 Å². The van der Waals surface area contributed by atoms with Crippen LogP contribution in [-0.4, -0.2) is 37.7 Å². The summed E-state index contributed by atoms with van der Waals surface area (Å²) in [5.74, 6) is 1.18. The van der Waals surface area contributed by atoms with Crippen LogP contribution in [0.3, 0.4) is 0 Å². The van der Waals surface area contributed by atoms with Gasteiger partial charge in [-0.05, 0) is 60.5 Å². The van der Waals surface area contributed by atoms with Crippen molar-refractivity contribution in [2.45, 2.75) is 35.5 Å². The average molecular weight is 626 g/mol. The van der Waals surface area contributed by atoms with E-state index in [4.69, 9.17) is 23.7 Å². The van der Waals surface area contributed by atoms with Crippen molar-refractivity contribution in [3.63, 3.8) is 0 Å². The maximum Gasteiger partial charge on any atom is 0.416 e. The van der Waals surface area contributed by atoms with Crippen LogP contribution in [0.25, 0.3) is 0 Å². The topological polar surface area (TPSA) is 75.6 Å². The third-order valence-electron chi connectivity index (χ3n) is 6.89. The van der Waals surface area contributed by atoms with E-state index in [0.717, 1.165) is 23.3 Å². The van der Waals surface area contributed by atoms with Crippen LogP contribution in [0.1, 0.15) is 33.9 Å². The zero-order chi connectivity index (χ0) is 31.3. The molecular formula is C33H30F3NO6S. The number of methoxy groups -OCH3 is 2. The minimum atomic E-state index is -4.62. The number of alkyl halides is 3. The molecule has 0 saturated heterocycles. The lowest BCUT2D eigenvalue weighted by molar-refractivity contribution is -0.137. The van der Waals surface area contributed by atoms with E-state index in [0.29, 0.717) is 34.3 Å². The molecule has 0 fully saturated rings. The Morgan fingerprint density at radius 2 is 1.61 bits per heavy atom. The second-order valence-corrected chi connectivity index (χ2v) is 11.4. The molecule has 1 aliphatic rings. The fourth-order valence-corrected chi connectivity index (χ4v) is 5.81. The zero-order valence-electron chi connectivity index (χ0n) is 24.2. The van der Waals surface area contributed by atoms with Crippen LogP contribution in [-0.2, 0) is 33.1 Å². The molecule has 5 rings (SSSR count). The summed E-state index contributed by atoms with van der Waals surface area (Å²) in [6, 6.07) is 22.4. The highest BCUT2D eigenvalue weighted by Crippen LogP contribution is 2.42. The average Bonchev–Trinajstić information content (AvgIpc) is 3.53. The number of ether oxygens (including phenoxy) is 5. The smallest absolute Gasteiger partial charge is 0.416 e. The molecule has 230 valence electrons. The highest BCUT2D eigenvalue weighted by atomic mass is 32.2. The minimum Gasteiger partial charge on any atom is -0.493 e. The van der Waals surface area contributed by atoms with E-state index in [1.807, 2.05) is 37.3 Å². The molecule has 2 atom stereocenters. The van der Waals surface area contributed by atoms with Crippen LogP contribution in [0.2, 0.25) is 0 Å². The highest BCUT2D eigenvalue weighted by Gasteiger charge is 2.34. The number of benzene rings is 4. The van der Waals surface area contributed by atoms with Crippen molar-refractivity contribution in [2.75, 3.05) is 27.6 Å². The van der Waals surface area contributed by atoms with E-state index in [1.54, 1.807) is 36.4 Å². The van der Waals surface area contributed by atoms with Crippen LogP contribution >= 0.6 is 0 Å². The first-order valence-electron chi connectivity index (χ1n) is 13.6. The summed E-state index contributed by atoms with van der Waals surface area (Å²) >= 11 is 0. The van der Waals surface area contributed by atoms with Gasteiger partial charge >= 0.3 is 6.18 Å². The van der Waals surface area contributed by atoms with Gasteiger partial charge in [0.15, 0.2) is 18.3 Å². The van der Waals surface area contributed by atoms with Gasteiger partial charge in [-0.3, -0.25) is 0 Å². The largest absolute Gasteiger partial charge is 0.493 e. The van der Waals surface area contributed by atoms with Gasteiger partial charge in [0.05, 0.1) is 47.6 Å². The van der Waals surface area contributed by atoms with E-state index < -0.39 is 28.6 Å². The molecule has 0 aromatic heterocycles. The van der Waals surface area contributed by atoms with Gasteiger partial charge in [0.2, 0.25) is 11.6 Å². The molecule has 44 heavy (non-hydrogen) atoms. The third-order valence-corrected chi connectivity index (χ3v) is 8.33. The molecule has 0 bridgehead atoms. The van der Waals surface area contributed by atoms with Gasteiger partial charge in [0.25, 0.3) is 0 Å². The quantitative estimate of drug-likeness (QED) is 0.129. The summed E-state index contributed by atoms with van der Waals surface area (Å²) in [7, 11) is 1.06. The van der Waals surface area contributed by atoms with Crippen LogP contribution in [0.15, 0.2) is 99.7 Å². The number of hydrogen-bond donors (Lipinski definition) is 0. The van der Waals surface area contributed by atoms with E-state index in [-0.39, 0.29) is 29.8 Å². The van der Waals surface area contributed by atoms with E-state index in [1.165, 1.54) is 20.3 Å². The van der Waals surface area contributed by atoms with Crippen molar-refractivity contribution in [3.05, 3.63) is 113 Å². The lowest BCUT2D eigenvalue weighted by Crippen LogP contribution is -2.11. The van der Waals surface area contributed by atoms with Crippen molar-refractivity contribution in [3.8, 4) is 17.2 Å². The van der Waals surface area contributed by atoms with Crippen LogP contribution in [0.4, 0.5) is 13.2 Å². The maximum atomic E-state index is 13.6. The van der Waals surface area contributed by atoms with E-state index in [2.05, 4.69) is 4.99 Å². The zero-order valence-corrected chi connectivity index (χ0v) is 25.0. The molecule has 4 aromatic carbocycles. The fraction of sp³-hybridized carbons (Fsp3) is 0.242. The maximum absolute atomic E-state index is 13.6. The number of nitrogens with zero attached hydrogens (tertiary/aromatic N) is 1. The third kappa shape index (κ3) is 7.06. The van der Waals surface area contributed by atoms with Crippen molar-refractivity contribution < 1.29 is 41.1 Å². The summed E-state index contributed by atoms with van der Waals surface area (Å²) < 4.78 is 82.9. The Hall–Kier alpha value is -4.35. The molecule has 0 aliphatic carbocycles. The standard InChI is InChI=1S/C33H30F3NO6S/c1-21-9-12-25(13-10-21)44(38)30-17-24(33(34,35)36)11-14-26(30)32-37-27(19-42-32)23-15-28(39-2)31(29(16-23)40-3)43-20-41-18-22-7-5-4-6-8-22/h4-17,27H,18-20H2,1-3H3/t27?,44-/m0/s1. The Kier molecular flexibility index (Phi) is 9.55. The molecule has 0 saturated carbocycles. The molecular weight excluding hydrogens is 595 g/mol. The van der Waals surface area contributed by atoms with E-state index in [9.17, 15) is 17.4 Å². The molecule has 1 aliphatic heterocycles. The second-order valence-electron chi connectivity index (χ2n) is 9.90. The summed E-state index contributed by atoms with van der Waals surface area (Å²) in [5.41, 5.74) is 1.90. The molecule has 0 spiro atoms. The first-order valence-corrected chi connectivity index (χ1v) is 14.7. The molecule has 4 aromatic rings. The Morgan fingerprint density at radius 3 is 2.25 bits per heavy atom. The minimum absolute atomic E-state index is 0.0440. The second kappa shape index (κ2) is 13.5. The number of rotatable bonds is 11. The van der Waals surface area contributed by atoms with Crippen LogP contribution in [0, 0.1) is 6.92 Å². The Morgan fingerprint density at radius 1 is 0.932 bits per heavy atom. The van der Waals surface area contributed by atoms with Crippen molar-refractivity contribution in [1.29, 1.82) is 0 Å². The summed E-state index contributed by atoms with van der Waals surface area (Å²) in [4.78, 5) is 4.98. The van der Waals surface area contributed by atoms with Crippen molar-refractivity contribution in [1.82, 2.24) is 0 Å². The molecule has 1 unspecified atom stereocenters. The first kappa shape index (κ1) is 31.1. The normalized spacial score (nSPS) is 15.3. The molecule has 1 heterocycles. The monoisotopic (exact) mass is 625 g/mol. The van der Waals surface area contributed by atoms with Crippen molar-refractivity contribution >= 4 is 16.7 Å². The molecule has 7 nitrogen and oxygen atoms in total. The molecule has 0 amide bonds. The predicted octanol–water partition coefficient (Wildman–Crippen LogP) is 7.27. The number of halogens is 3. The predicted molar refractivity (Wildman–Crippen MR) is 159 cm³/mol. The highest BCUT2D eigenvalue weighted by molar-refractivity contribution is 7.85. The summed E-state index contributed by atoms with van der Waals surface area (Å²) in [6.07, 6.45) is -4.62. The van der Waals surface area contributed by atoms with Gasteiger partial charge in [-0.2, -0.15) is 13.2 Å². The summed E-state index contributed by atoms with van der Waals surface area (Å²) in [5, 5.41) is 0. The van der Waals surface area contributed by atoms with Crippen molar-refractivity contribution in [2.24, 2.45) is 4.99 Å². The molecule has 11 heteroatoms. The van der Waals surface area contributed by atoms with Gasteiger partial charge in [-0.1, -0.05) is 48.0 Å². The summed E-state index contributed by atoms with van der Waals surface area (Å²) in [6.45, 7) is 2.28. The molecule has 0 radical (unpaired) electrons. The first-order chi connectivity index (χ1) is 21.2. The number of hydrogen-bond acceptors (Lipinski definition) is 7. The van der Waals surface area contributed by atoms with E-state index >= 15 is 0 Å². The lowest BCUT2D eigenvalue weighted by Gasteiger charge is -2.17. The van der Waals surface area contributed by atoms with Gasteiger partial charge < -0.3 is 23.7 Å². The van der Waals surface area contributed by atoms with Gasteiger partial charge in [0.1, 0.15) is 12.6 Å². The SMILES string of the molecule is COc1cc(C2COC(c3ccc(C(F)(F)F)cc3[S@@](=O)c3ccc(C)cc3)=N2)cc(OC)c1OCOCc1ccccc1. The fourth-order valence-electron chi connectivity index (χ4n) is 4.58. The number of aliphatic imine (C=N–C) groups is 1. The Labute approximate surface area is 255 Å². The Balaban J connectivity index is 1.41. The van der Waals surface area contributed by atoms with Gasteiger partial charge in [0, 0.05) is 4.90 Å². The van der Waals surface area contributed by atoms with Gasteiger partial charge in [-0.25, -0.2) is 9.20 Å². The number of aryl methyl sites for hydroxylation is 1. The van der Waals surface area contributed by atoms with Crippen LogP contribution in [0.5, 0.6) is 17.2 Å². The van der Waals surface area contributed by atoms with Crippen LogP contribution < -0.4 is 14.2 Å². The Bertz CT molecular complexity index is 1630. The lowest BCUT2D eigenvalue weighted by atomic mass is 10.1.